The standard InChI is InChI=1S/C27H34FN5O2/c1-6-10-29-27-18(3)25(15-30-19(27)4)33-11-9-22(17(2)16-33)14-31-20(5)32-23-8-7-21(12-26(34)35)24(28)13-23/h7-8,13-15,29H,2,6,9-12,16H2,1,3-5H3,(H,31,32)(H,34,35)/b22-14-. The van der Waals surface area contributed by atoms with Gasteiger partial charge in [-0.05, 0) is 68.0 Å². The molecular weight excluding hydrogens is 445 g/mol. The van der Waals surface area contributed by atoms with Gasteiger partial charge in [0, 0.05) is 31.5 Å². The Morgan fingerprint density at radius 1 is 1.37 bits per heavy atom. The quantitative estimate of drug-likeness (QED) is 0.344. The fourth-order valence-corrected chi connectivity index (χ4v) is 4.10. The van der Waals surface area contributed by atoms with Crippen LogP contribution < -0.4 is 15.5 Å². The first-order valence-electron chi connectivity index (χ1n) is 11.8. The van der Waals surface area contributed by atoms with Crippen LogP contribution in [0.5, 0.6) is 0 Å². The molecule has 0 radical (unpaired) electrons. The average molecular weight is 480 g/mol. The maximum absolute atomic E-state index is 14.1. The van der Waals surface area contributed by atoms with Crippen LogP contribution in [0, 0.1) is 19.7 Å². The van der Waals surface area contributed by atoms with Crippen molar-refractivity contribution in [3.63, 3.8) is 0 Å². The van der Waals surface area contributed by atoms with E-state index in [1.165, 1.54) is 17.7 Å². The molecule has 1 aromatic carbocycles. The van der Waals surface area contributed by atoms with E-state index in [2.05, 4.69) is 45.9 Å². The van der Waals surface area contributed by atoms with Gasteiger partial charge in [0.2, 0.25) is 0 Å². The van der Waals surface area contributed by atoms with Gasteiger partial charge in [-0.3, -0.25) is 9.78 Å². The molecular formula is C27H34FN5O2. The number of piperidine rings is 1. The summed E-state index contributed by atoms with van der Waals surface area (Å²) >= 11 is 0. The van der Waals surface area contributed by atoms with E-state index in [0.29, 0.717) is 18.1 Å². The van der Waals surface area contributed by atoms with Crippen LogP contribution in [0.15, 0.2) is 53.3 Å². The Morgan fingerprint density at radius 3 is 2.80 bits per heavy atom. The lowest BCUT2D eigenvalue weighted by atomic mass is 9.99. The van der Waals surface area contributed by atoms with Crippen LogP contribution in [0.2, 0.25) is 0 Å². The van der Waals surface area contributed by atoms with Gasteiger partial charge in [-0.25, -0.2) is 9.38 Å². The predicted molar refractivity (Wildman–Crippen MR) is 141 cm³/mol. The third-order valence-electron chi connectivity index (χ3n) is 6.01. The second kappa shape index (κ2) is 11.6. The van der Waals surface area contributed by atoms with Gasteiger partial charge in [-0.1, -0.05) is 19.6 Å². The highest BCUT2D eigenvalue weighted by Crippen LogP contribution is 2.32. The van der Waals surface area contributed by atoms with Gasteiger partial charge in [-0.15, -0.1) is 0 Å². The minimum atomic E-state index is -1.07. The molecule has 1 saturated heterocycles. The van der Waals surface area contributed by atoms with E-state index in [4.69, 9.17) is 5.11 Å². The number of aliphatic imine (C=N–C) groups is 1. The van der Waals surface area contributed by atoms with Gasteiger partial charge in [0.05, 0.1) is 29.7 Å². The molecule has 0 amide bonds. The van der Waals surface area contributed by atoms with Crippen LogP contribution in [0.4, 0.5) is 21.5 Å². The molecule has 1 aliphatic heterocycles. The molecule has 0 aliphatic carbocycles. The zero-order valence-corrected chi connectivity index (χ0v) is 20.9. The third-order valence-corrected chi connectivity index (χ3v) is 6.01. The van der Waals surface area contributed by atoms with E-state index >= 15 is 0 Å². The SMILES string of the molecule is C=C1CN(c2cnc(C)c(NCCC)c2C)CC/C1=C/N=C(C)Nc1ccc(CC(=O)O)c(F)c1. The Labute approximate surface area is 206 Å². The van der Waals surface area contributed by atoms with Crippen molar-refractivity contribution in [2.75, 3.05) is 35.2 Å². The number of carboxylic acid groups (broad SMARTS) is 1. The number of aliphatic carboxylic acids is 1. The molecule has 3 rings (SSSR count). The molecule has 2 heterocycles. The second-order valence-electron chi connectivity index (χ2n) is 8.80. The highest BCUT2D eigenvalue weighted by molar-refractivity contribution is 5.94. The van der Waals surface area contributed by atoms with Gasteiger partial charge >= 0.3 is 5.97 Å². The smallest absolute Gasteiger partial charge is 0.307 e. The summed E-state index contributed by atoms with van der Waals surface area (Å²) in [5.74, 6) is -1.02. The lowest BCUT2D eigenvalue weighted by Gasteiger charge is -2.33. The van der Waals surface area contributed by atoms with Crippen LogP contribution in [-0.2, 0) is 11.2 Å². The second-order valence-corrected chi connectivity index (χ2v) is 8.80. The van der Waals surface area contributed by atoms with Crippen molar-refractivity contribution in [3.05, 3.63) is 71.0 Å². The summed E-state index contributed by atoms with van der Waals surface area (Å²) in [6.45, 7) is 14.8. The van der Waals surface area contributed by atoms with Crippen molar-refractivity contribution in [1.29, 1.82) is 0 Å². The Kier molecular flexibility index (Phi) is 8.63. The van der Waals surface area contributed by atoms with Gasteiger partial charge in [-0.2, -0.15) is 0 Å². The summed E-state index contributed by atoms with van der Waals surface area (Å²) in [6.07, 6.45) is 5.26. The zero-order chi connectivity index (χ0) is 25.5. The van der Waals surface area contributed by atoms with E-state index in [1.54, 1.807) is 13.0 Å². The topological polar surface area (TPSA) is 89.9 Å². The number of aryl methyl sites for hydroxylation is 1. The number of hydrogen-bond donors (Lipinski definition) is 3. The fraction of sp³-hybridized carbons (Fsp3) is 0.370. The molecule has 2 aromatic rings. The lowest BCUT2D eigenvalue weighted by molar-refractivity contribution is -0.136. The van der Waals surface area contributed by atoms with Crippen LogP contribution in [0.3, 0.4) is 0 Å². The summed E-state index contributed by atoms with van der Waals surface area (Å²) in [5.41, 5.74) is 7.16. The number of amidine groups is 1. The van der Waals surface area contributed by atoms with Crippen molar-refractivity contribution >= 4 is 28.9 Å². The highest BCUT2D eigenvalue weighted by atomic mass is 19.1. The first-order valence-corrected chi connectivity index (χ1v) is 11.8. The minimum Gasteiger partial charge on any atom is -0.481 e. The number of halogens is 1. The first kappa shape index (κ1) is 25.9. The molecule has 35 heavy (non-hydrogen) atoms. The maximum atomic E-state index is 14.1. The molecule has 0 atom stereocenters. The molecule has 7 nitrogen and oxygen atoms in total. The number of carboxylic acids is 1. The largest absolute Gasteiger partial charge is 0.481 e. The van der Waals surface area contributed by atoms with Crippen molar-refractivity contribution in [2.24, 2.45) is 4.99 Å². The molecule has 1 aliphatic rings. The predicted octanol–water partition coefficient (Wildman–Crippen LogP) is 5.47. The molecule has 8 heteroatoms. The number of hydrogen-bond acceptors (Lipinski definition) is 5. The Balaban J connectivity index is 1.66. The van der Waals surface area contributed by atoms with Gasteiger partial charge in [0.1, 0.15) is 11.7 Å². The van der Waals surface area contributed by atoms with E-state index in [0.717, 1.165) is 54.1 Å². The molecule has 1 fully saturated rings. The van der Waals surface area contributed by atoms with E-state index in [9.17, 15) is 9.18 Å². The normalized spacial score (nSPS) is 15.5. The van der Waals surface area contributed by atoms with Gasteiger partial charge in [0.25, 0.3) is 0 Å². The maximum Gasteiger partial charge on any atom is 0.307 e. The van der Waals surface area contributed by atoms with Crippen LogP contribution >= 0.6 is 0 Å². The number of benzene rings is 1. The Hall–Kier alpha value is -3.68. The number of nitrogens with one attached hydrogen (secondary N) is 2. The molecule has 0 saturated carbocycles. The number of carbonyl (C=O) groups is 1. The molecule has 1 aromatic heterocycles. The number of aromatic nitrogens is 1. The molecule has 3 N–H and O–H groups in total. The van der Waals surface area contributed by atoms with E-state index < -0.39 is 11.8 Å². The van der Waals surface area contributed by atoms with Gasteiger partial charge < -0.3 is 20.6 Å². The van der Waals surface area contributed by atoms with Gasteiger partial charge in [0.15, 0.2) is 0 Å². The minimum absolute atomic E-state index is 0.148. The molecule has 0 bridgehead atoms. The van der Waals surface area contributed by atoms with E-state index in [-0.39, 0.29) is 12.0 Å². The summed E-state index contributed by atoms with van der Waals surface area (Å²) in [4.78, 5) is 22.2. The lowest BCUT2D eigenvalue weighted by Crippen LogP contribution is -2.32. The van der Waals surface area contributed by atoms with Crippen LogP contribution in [0.1, 0.15) is 43.5 Å². The highest BCUT2D eigenvalue weighted by Gasteiger charge is 2.21. The third kappa shape index (κ3) is 6.68. The Morgan fingerprint density at radius 2 is 2.14 bits per heavy atom. The summed E-state index contributed by atoms with van der Waals surface area (Å²) < 4.78 is 14.1. The summed E-state index contributed by atoms with van der Waals surface area (Å²) in [5, 5.41) is 15.4. The van der Waals surface area contributed by atoms with Crippen molar-refractivity contribution in [3.8, 4) is 0 Å². The van der Waals surface area contributed by atoms with E-state index in [1.807, 2.05) is 19.3 Å². The Bertz CT molecular complexity index is 1170. The number of anilines is 3. The molecule has 186 valence electrons. The van der Waals surface area contributed by atoms with Crippen LogP contribution in [0.25, 0.3) is 0 Å². The van der Waals surface area contributed by atoms with Crippen molar-refractivity contribution in [1.82, 2.24) is 4.98 Å². The molecule has 0 spiro atoms. The zero-order valence-electron chi connectivity index (χ0n) is 20.9. The summed E-state index contributed by atoms with van der Waals surface area (Å²) in [6, 6.07) is 4.40. The summed E-state index contributed by atoms with van der Waals surface area (Å²) in [7, 11) is 0. The fourth-order valence-electron chi connectivity index (χ4n) is 4.10. The van der Waals surface area contributed by atoms with Crippen molar-refractivity contribution < 1.29 is 14.3 Å². The first-order chi connectivity index (χ1) is 16.7. The number of nitrogens with zero attached hydrogens (tertiary/aromatic N) is 3. The number of rotatable bonds is 8. The molecule has 0 unspecified atom stereocenters. The number of pyridine rings is 1. The average Bonchev–Trinajstić information content (AvgIpc) is 2.80. The van der Waals surface area contributed by atoms with Crippen molar-refractivity contribution in [2.45, 2.75) is 47.0 Å². The monoisotopic (exact) mass is 479 g/mol. The van der Waals surface area contributed by atoms with Crippen LogP contribution in [-0.4, -0.2) is 41.5 Å².